The number of ether oxygens (including phenoxy) is 2. The molecule has 4 heteroatoms. The topological polar surface area (TPSA) is 50.7 Å². The van der Waals surface area contributed by atoms with Crippen LogP contribution in [0.1, 0.15) is 5.56 Å². The van der Waals surface area contributed by atoms with Crippen LogP contribution in [0.4, 0.5) is 5.69 Å². The van der Waals surface area contributed by atoms with Gasteiger partial charge in [-0.15, -0.1) is 0 Å². The lowest BCUT2D eigenvalue weighted by Gasteiger charge is -2.14. The van der Waals surface area contributed by atoms with E-state index in [2.05, 4.69) is 5.32 Å². The molecule has 112 valence electrons. The summed E-state index contributed by atoms with van der Waals surface area (Å²) in [7, 11) is 1.63. The second-order valence-electron chi connectivity index (χ2n) is 4.89. The Morgan fingerprint density at radius 1 is 1.10 bits per heavy atom. The summed E-state index contributed by atoms with van der Waals surface area (Å²) in [6.07, 6.45) is -0.586. The summed E-state index contributed by atoms with van der Waals surface area (Å²) in [5, 5.41) is 13.1. The molecule has 2 rings (SSSR count). The molecule has 2 N–H and O–H groups in total. The SMILES string of the molecule is COc1cccc(NCC(O)COc2ccc(C)cc2)c1. The van der Waals surface area contributed by atoms with Crippen molar-refractivity contribution in [1.82, 2.24) is 0 Å². The molecule has 0 fully saturated rings. The van der Waals surface area contributed by atoms with Crippen molar-refractivity contribution in [3.8, 4) is 11.5 Å². The Hall–Kier alpha value is -2.20. The molecule has 4 nitrogen and oxygen atoms in total. The first-order chi connectivity index (χ1) is 10.2. The number of aliphatic hydroxyl groups is 1. The summed E-state index contributed by atoms with van der Waals surface area (Å²) in [6.45, 7) is 2.69. The van der Waals surface area contributed by atoms with Crippen LogP contribution >= 0.6 is 0 Å². The third kappa shape index (κ3) is 5.00. The maximum absolute atomic E-state index is 9.93. The lowest BCUT2D eigenvalue weighted by Crippen LogP contribution is -2.26. The van der Waals surface area contributed by atoms with Gasteiger partial charge in [0.2, 0.25) is 0 Å². The summed E-state index contributed by atoms with van der Waals surface area (Å²) in [5.41, 5.74) is 2.09. The van der Waals surface area contributed by atoms with E-state index in [0.717, 1.165) is 17.2 Å². The average Bonchev–Trinajstić information content (AvgIpc) is 2.52. The molecule has 2 aromatic rings. The van der Waals surface area contributed by atoms with Crippen LogP contribution in [0.2, 0.25) is 0 Å². The first kappa shape index (κ1) is 15.2. The Kier molecular flexibility index (Phi) is 5.46. The Balaban J connectivity index is 1.76. The van der Waals surface area contributed by atoms with Gasteiger partial charge >= 0.3 is 0 Å². The molecule has 0 aliphatic rings. The summed E-state index contributed by atoms with van der Waals surface area (Å²) < 4.78 is 10.7. The van der Waals surface area contributed by atoms with Crippen molar-refractivity contribution in [2.45, 2.75) is 13.0 Å². The van der Waals surface area contributed by atoms with Crippen molar-refractivity contribution in [1.29, 1.82) is 0 Å². The number of nitrogens with one attached hydrogen (secondary N) is 1. The lowest BCUT2D eigenvalue weighted by molar-refractivity contribution is 0.117. The number of methoxy groups -OCH3 is 1. The van der Waals surface area contributed by atoms with E-state index in [-0.39, 0.29) is 6.61 Å². The van der Waals surface area contributed by atoms with Crippen LogP contribution in [0, 0.1) is 6.92 Å². The van der Waals surface area contributed by atoms with Gasteiger partial charge in [0.25, 0.3) is 0 Å². The lowest BCUT2D eigenvalue weighted by atomic mass is 10.2. The van der Waals surface area contributed by atoms with Crippen LogP contribution in [-0.4, -0.2) is 31.5 Å². The molecular weight excluding hydrogens is 266 g/mol. The fraction of sp³-hybridized carbons (Fsp3) is 0.294. The van der Waals surface area contributed by atoms with Gasteiger partial charge < -0.3 is 19.9 Å². The number of hydrogen-bond donors (Lipinski definition) is 2. The molecule has 0 bridgehead atoms. The van der Waals surface area contributed by atoms with Crippen molar-refractivity contribution in [2.75, 3.05) is 25.6 Å². The quantitative estimate of drug-likeness (QED) is 0.822. The van der Waals surface area contributed by atoms with Crippen LogP contribution in [0.5, 0.6) is 11.5 Å². The third-order valence-electron chi connectivity index (χ3n) is 3.07. The van der Waals surface area contributed by atoms with E-state index in [4.69, 9.17) is 9.47 Å². The molecule has 0 saturated heterocycles. The highest BCUT2D eigenvalue weighted by atomic mass is 16.5. The molecule has 0 aliphatic carbocycles. The van der Waals surface area contributed by atoms with E-state index in [1.165, 1.54) is 5.56 Å². The molecule has 0 aliphatic heterocycles. The molecular formula is C17H21NO3. The van der Waals surface area contributed by atoms with E-state index >= 15 is 0 Å². The second-order valence-corrected chi connectivity index (χ2v) is 4.89. The zero-order valence-electron chi connectivity index (χ0n) is 12.4. The van der Waals surface area contributed by atoms with Crippen LogP contribution in [-0.2, 0) is 0 Å². The summed E-state index contributed by atoms with van der Waals surface area (Å²) >= 11 is 0. The third-order valence-corrected chi connectivity index (χ3v) is 3.07. The first-order valence-electron chi connectivity index (χ1n) is 6.93. The molecule has 0 radical (unpaired) electrons. The fourth-order valence-corrected chi connectivity index (χ4v) is 1.85. The molecule has 0 saturated carbocycles. The highest BCUT2D eigenvalue weighted by Crippen LogP contribution is 2.16. The number of anilines is 1. The van der Waals surface area contributed by atoms with Gasteiger partial charge in [-0.3, -0.25) is 0 Å². The van der Waals surface area contributed by atoms with Gasteiger partial charge in [-0.25, -0.2) is 0 Å². The fourth-order valence-electron chi connectivity index (χ4n) is 1.85. The maximum Gasteiger partial charge on any atom is 0.120 e. The number of hydrogen-bond acceptors (Lipinski definition) is 4. The van der Waals surface area contributed by atoms with Gasteiger partial charge in [-0.2, -0.15) is 0 Å². The standard InChI is InChI=1S/C17H21NO3/c1-13-6-8-16(9-7-13)21-12-15(19)11-18-14-4-3-5-17(10-14)20-2/h3-10,15,18-19H,11-12H2,1-2H3. The molecule has 0 amide bonds. The number of aliphatic hydroxyl groups excluding tert-OH is 1. The van der Waals surface area contributed by atoms with Crippen molar-refractivity contribution in [2.24, 2.45) is 0 Å². The first-order valence-corrected chi connectivity index (χ1v) is 6.93. The average molecular weight is 287 g/mol. The van der Waals surface area contributed by atoms with Gasteiger partial charge in [0, 0.05) is 18.3 Å². The summed E-state index contributed by atoms with van der Waals surface area (Å²) in [5.74, 6) is 1.55. The Morgan fingerprint density at radius 3 is 2.57 bits per heavy atom. The predicted molar refractivity (Wildman–Crippen MR) is 84.2 cm³/mol. The predicted octanol–water partition coefficient (Wildman–Crippen LogP) is 2.86. The van der Waals surface area contributed by atoms with Gasteiger partial charge in [0.1, 0.15) is 24.2 Å². The normalized spacial score (nSPS) is 11.8. The number of benzene rings is 2. The molecule has 2 aromatic carbocycles. The highest BCUT2D eigenvalue weighted by molar-refractivity contribution is 5.48. The van der Waals surface area contributed by atoms with E-state index in [0.29, 0.717) is 6.54 Å². The Labute approximate surface area is 125 Å². The van der Waals surface area contributed by atoms with E-state index in [1.54, 1.807) is 7.11 Å². The van der Waals surface area contributed by atoms with Crippen LogP contribution in [0.3, 0.4) is 0 Å². The zero-order chi connectivity index (χ0) is 15.1. The summed E-state index contributed by atoms with van der Waals surface area (Å²) in [6, 6.07) is 15.4. The minimum atomic E-state index is -0.586. The molecule has 1 atom stereocenters. The van der Waals surface area contributed by atoms with Crippen LogP contribution in [0.25, 0.3) is 0 Å². The summed E-state index contributed by atoms with van der Waals surface area (Å²) in [4.78, 5) is 0. The molecule has 21 heavy (non-hydrogen) atoms. The zero-order valence-corrected chi connectivity index (χ0v) is 12.4. The number of rotatable bonds is 7. The van der Waals surface area contributed by atoms with E-state index < -0.39 is 6.10 Å². The smallest absolute Gasteiger partial charge is 0.120 e. The van der Waals surface area contributed by atoms with Gasteiger partial charge in [-0.05, 0) is 31.2 Å². The highest BCUT2D eigenvalue weighted by Gasteiger charge is 2.05. The van der Waals surface area contributed by atoms with Crippen LogP contribution < -0.4 is 14.8 Å². The van der Waals surface area contributed by atoms with Crippen molar-refractivity contribution >= 4 is 5.69 Å². The molecule has 0 heterocycles. The Bertz CT molecular complexity index is 554. The van der Waals surface area contributed by atoms with Gasteiger partial charge in [0.15, 0.2) is 0 Å². The molecule has 1 unspecified atom stereocenters. The maximum atomic E-state index is 9.93. The van der Waals surface area contributed by atoms with Crippen molar-refractivity contribution < 1.29 is 14.6 Å². The molecule has 0 aromatic heterocycles. The van der Waals surface area contributed by atoms with Gasteiger partial charge in [0.05, 0.1) is 7.11 Å². The molecule has 0 spiro atoms. The number of aryl methyl sites for hydroxylation is 1. The van der Waals surface area contributed by atoms with Crippen molar-refractivity contribution in [3.05, 3.63) is 54.1 Å². The van der Waals surface area contributed by atoms with Crippen molar-refractivity contribution in [3.63, 3.8) is 0 Å². The monoisotopic (exact) mass is 287 g/mol. The largest absolute Gasteiger partial charge is 0.497 e. The minimum absolute atomic E-state index is 0.250. The van der Waals surface area contributed by atoms with Crippen LogP contribution in [0.15, 0.2) is 48.5 Å². The Morgan fingerprint density at radius 2 is 1.86 bits per heavy atom. The minimum Gasteiger partial charge on any atom is -0.497 e. The van der Waals surface area contributed by atoms with Gasteiger partial charge in [-0.1, -0.05) is 23.8 Å². The van der Waals surface area contributed by atoms with E-state index in [1.807, 2.05) is 55.5 Å². The second kappa shape index (κ2) is 7.55. The van der Waals surface area contributed by atoms with E-state index in [9.17, 15) is 5.11 Å².